The van der Waals surface area contributed by atoms with Crippen LogP contribution in [-0.4, -0.2) is 34.1 Å². The number of hydrogen-bond acceptors (Lipinski definition) is 5. The first-order valence-electron chi connectivity index (χ1n) is 6.10. The topological polar surface area (TPSA) is 93.1 Å². The number of hydroxylamine groups is 2. The summed E-state index contributed by atoms with van der Waals surface area (Å²) in [6.45, 7) is 1.78. The van der Waals surface area contributed by atoms with E-state index in [1.807, 2.05) is 0 Å². The molecule has 1 aliphatic heterocycles. The van der Waals surface area contributed by atoms with E-state index in [2.05, 4.69) is 9.88 Å². The SMILES string of the molecule is CCCC(OON1C(=O)c2ccccc2C1=O)C(=O)O. The Labute approximate surface area is 114 Å². The number of imide groups is 1. The van der Waals surface area contributed by atoms with Gasteiger partial charge in [0, 0.05) is 0 Å². The molecule has 1 unspecified atom stereocenters. The number of amides is 2. The van der Waals surface area contributed by atoms with Crippen molar-refractivity contribution in [1.29, 1.82) is 0 Å². The fourth-order valence-electron chi connectivity index (χ4n) is 1.80. The number of hydrogen-bond donors (Lipinski definition) is 1. The van der Waals surface area contributed by atoms with Crippen molar-refractivity contribution in [3.63, 3.8) is 0 Å². The number of nitrogens with zero attached hydrogens (tertiary/aromatic N) is 1. The van der Waals surface area contributed by atoms with E-state index < -0.39 is 23.9 Å². The zero-order chi connectivity index (χ0) is 14.7. The lowest BCUT2D eigenvalue weighted by Crippen LogP contribution is -2.34. The monoisotopic (exact) mass is 279 g/mol. The molecule has 0 aromatic heterocycles. The van der Waals surface area contributed by atoms with Gasteiger partial charge in [0.1, 0.15) is 0 Å². The molecule has 0 spiro atoms. The number of carboxylic acids is 1. The van der Waals surface area contributed by atoms with Crippen molar-refractivity contribution in [1.82, 2.24) is 5.06 Å². The van der Waals surface area contributed by atoms with Crippen LogP contribution in [0.25, 0.3) is 0 Å². The third-order valence-corrected chi connectivity index (χ3v) is 2.82. The minimum atomic E-state index is -1.23. The molecule has 0 saturated heterocycles. The highest BCUT2D eigenvalue weighted by atomic mass is 17.3. The first kappa shape index (κ1) is 14.2. The third kappa shape index (κ3) is 2.54. The minimum Gasteiger partial charge on any atom is -0.479 e. The summed E-state index contributed by atoms with van der Waals surface area (Å²) in [7, 11) is 0. The van der Waals surface area contributed by atoms with E-state index in [4.69, 9.17) is 5.11 Å². The van der Waals surface area contributed by atoms with E-state index in [1.54, 1.807) is 19.1 Å². The summed E-state index contributed by atoms with van der Waals surface area (Å²) < 4.78 is 0. The van der Waals surface area contributed by atoms with E-state index >= 15 is 0 Å². The van der Waals surface area contributed by atoms with Crippen LogP contribution in [0.4, 0.5) is 0 Å². The molecule has 0 fully saturated rings. The number of carboxylic acid groups (broad SMARTS) is 1. The van der Waals surface area contributed by atoms with Gasteiger partial charge in [-0.1, -0.05) is 30.5 Å². The Morgan fingerprint density at radius 1 is 1.25 bits per heavy atom. The lowest BCUT2D eigenvalue weighted by molar-refractivity contribution is -0.402. The Morgan fingerprint density at radius 2 is 1.80 bits per heavy atom. The van der Waals surface area contributed by atoms with Crippen molar-refractivity contribution in [3.8, 4) is 0 Å². The van der Waals surface area contributed by atoms with E-state index in [0.29, 0.717) is 11.5 Å². The summed E-state index contributed by atoms with van der Waals surface area (Å²) in [5, 5.41) is 9.32. The van der Waals surface area contributed by atoms with Gasteiger partial charge >= 0.3 is 5.97 Å². The maximum Gasteiger partial charge on any atom is 0.336 e. The molecule has 2 rings (SSSR count). The Balaban J connectivity index is 2.07. The lowest BCUT2D eigenvalue weighted by atomic mass is 10.1. The Morgan fingerprint density at radius 3 is 2.25 bits per heavy atom. The molecule has 106 valence electrons. The number of carbonyl (C=O) groups excluding carboxylic acids is 2. The van der Waals surface area contributed by atoms with Crippen LogP contribution in [-0.2, 0) is 14.7 Å². The third-order valence-electron chi connectivity index (χ3n) is 2.82. The van der Waals surface area contributed by atoms with Crippen LogP contribution in [0, 0.1) is 0 Å². The highest BCUT2D eigenvalue weighted by Crippen LogP contribution is 2.23. The fraction of sp³-hybridized carbons (Fsp3) is 0.308. The Kier molecular flexibility index (Phi) is 4.11. The van der Waals surface area contributed by atoms with Crippen LogP contribution in [0.15, 0.2) is 24.3 Å². The van der Waals surface area contributed by atoms with Gasteiger partial charge in [0.2, 0.25) is 0 Å². The van der Waals surface area contributed by atoms with E-state index in [-0.39, 0.29) is 17.5 Å². The van der Waals surface area contributed by atoms with E-state index in [9.17, 15) is 14.4 Å². The molecule has 2 amide bonds. The van der Waals surface area contributed by atoms with Gasteiger partial charge in [-0.3, -0.25) is 9.59 Å². The van der Waals surface area contributed by atoms with Gasteiger partial charge in [0.05, 0.1) is 11.1 Å². The summed E-state index contributed by atoms with van der Waals surface area (Å²) in [4.78, 5) is 44.0. The molecule has 0 bridgehead atoms. The van der Waals surface area contributed by atoms with E-state index in [0.717, 1.165) is 0 Å². The van der Waals surface area contributed by atoms with Gasteiger partial charge in [0.25, 0.3) is 11.8 Å². The largest absolute Gasteiger partial charge is 0.479 e. The second-order valence-electron chi connectivity index (χ2n) is 4.24. The number of aliphatic carboxylic acids is 1. The van der Waals surface area contributed by atoms with Gasteiger partial charge in [-0.15, -0.1) is 5.06 Å². The van der Waals surface area contributed by atoms with Gasteiger partial charge in [-0.25, -0.2) is 4.79 Å². The van der Waals surface area contributed by atoms with Gasteiger partial charge < -0.3 is 5.11 Å². The molecule has 0 radical (unpaired) electrons. The van der Waals surface area contributed by atoms with Crippen molar-refractivity contribution in [2.24, 2.45) is 0 Å². The molecule has 1 aromatic rings. The first-order chi connectivity index (χ1) is 9.56. The van der Waals surface area contributed by atoms with Crippen LogP contribution < -0.4 is 0 Å². The maximum absolute atomic E-state index is 11.9. The van der Waals surface area contributed by atoms with Crippen LogP contribution >= 0.6 is 0 Å². The molecule has 1 N–H and O–H groups in total. The van der Waals surface area contributed by atoms with Crippen LogP contribution in [0.1, 0.15) is 40.5 Å². The highest BCUT2D eigenvalue weighted by Gasteiger charge is 2.38. The molecule has 20 heavy (non-hydrogen) atoms. The Hall–Kier alpha value is -2.25. The van der Waals surface area contributed by atoms with E-state index in [1.165, 1.54) is 12.1 Å². The molecular formula is C13H13NO6. The zero-order valence-corrected chi connectivity index (χ0v) is 10.7. The summed E-state index contributed by atoms with van der Waals surface area (Å²) in [5.74, 6) is -2.57. The summed E-state index contributed by atoms with van der Waals surface area (Å²) in [6.07, 6.45) is -0.467. The molecule has 1 aromatic carbocycles. The fourth-order valence-corrected chi connectivity index (χ4v) is 1.80. The van der Waals surface area contributed by atoms with Crippen molar-refractivity contribution in [3.05, 3.63) is 35.4 Å². The number of fused-ring (bicyclic) bond motifs is 1. The molecule has 7 heteroatoms. The molecule has 1 aliphatic rings. The van der Waals surface area contributed by atoms with Gasteiger partial charge in [-0.2, -0.15) is 4.89 Å². The number of benzene rings is 1. The van der Waals surface area contributed by atoms with Gasteiger partial charge in [0.15, 0.2) is 6.10 Å². The zero-order valence-electron chi connectivity index (χ0n) is 10.7. The molecule has 1 heterocycles. The average molecular weight is 279 g/mol. The van der Waals surface area contributed by atoms with Crippen LogP contribution in [0.5, 0.6) is 0 Å². The first-order valence-corrected chi connectivity index (χ1v) is 6.10. The van der Waals surface area contributed by atoms with Gasteiger partial charge in [-0.05, 0) is 18.6 Å². The second kappa shape index (κ2) is 5.81. The predicted molar refractivity (Wildman–Crippen MR) is 65.4 cm³/mol. The van der Waals surface area contributed by atoms with Crippen LogP contribution in [0.2, 0.25) is 0 Å². The normalized spacial score (nSPS) is 15.3. The molecular weight excluding hydrogens is 266 g/mol. The number of carbonyl (C=O) groups is 3. The number of rotatable bonds is 6. The quantitative estimate of drug-likeness (QED) is 0.480. The molecule has 1 atom stereocenters. The average Bonchev–Trinajstić information content (AvgIpc) is 2.68. The summed E-state index contributed by atoms with van der Waals surface area (Å²) in [5.41, 5.74) is 0.395. The second-order valence-corrected chi connectivity index (χ2v) is 4.24. The van der Waals surface area contributed by atoms with Crippen molar-refractivity contribution in [2.75, 3.05) is 0 Å². The smallest absolute Gasteiger partial charge is 0.336 e. The minimum absolute atomic E-state index is 0.198. The maximum atomic E-state index is 11.9. The lowest BCUT2D eigenvalue weighted by Gasteiger charge is -2.15. The van der Waals surface area contributed by atoms with Crippen molar-refractivity contribution < 1.29 is 29.4 Å². The summed E-state index contributed by atoms with van der Waals surface area (Å²) in [6, 6.07) is 6.20. The van der Waals surface area contributed by atoms with Crippen LogP contribution in [0.3, 0.4) is 0 Å². The summed E-state index contributed by atoms with van der Waals surface area (Å²) >= 11 is 0. The standard InChI is InChI=1S/C13H13NO6/c1-2-5-10(13(17)18)19-20-14-11(15)8-6-3-4-7-9(8)12(14)16/h3-4,6-7,10H,2,5H2,1H3,(H,17,18). The predicted octanol–water partition coefficient (Wildman–Crippen LogP) is 1.40. The molecule has 0 saturated carbocycles. The van der Waals surface area contributed by atoms with Crippen molar-refractivity contribution >= 4 is 17.8 Å². The van der Waals surface area contributed by atoms with Crippen molar-refractivity contribution in [2.45, 2.75) is 25.9 Å². The molecule has 7 nitrogen and oxygen atoms in total. The molecule has 0 aliphatic carbocycles. The Bertz CT molecular complexity index is 521. The highest BCUT2D eigenvalue weighted by molar-refractivity contribution is 6.20.